The van der Waals surface area contributed by atoms with E-state index in [0.29, 0.717) is 34.8 Å². The Kier molecular flexibility index (Phi) is 6.11. The molecule has 0 aliphatic carbocycles. The van der Waals surface area contributed by atoms with Crippen molar-refractivity contribution in [3.8, 4) is 11.5 Å². The van der Waals surface area contributed by atoms with Gasteiger partial charge in [0.2, 0.25) is 5.91 Å². The molecule has 1 aliphatic heterocycles. The first kappa shape index (κ1) is 20.3. The van der Waals surface area contributed by atoms with Gasteiger partial charge in [-0.3, -0.25) is 9.59 Å². The van der Waals surface area contributed by atoms with Crippen molar-refractivity contribution in [2.24, 2.45) is 5.10 Å². The molecule has 1 N–H and O–H groups in total. The molecule has 7 nitrogen and oxygen atoms in total. The second-order valence-corrected chi connectivity index (χ2v) is 6.52. The Balaban J connectivity index is 1.97. The standard InChI is InChI=1S/C21H21FN2O5/c1-28-15-6-7-16(19(11-15)29-2)17-12-18(13-4-3-5-14(22)10-13)24(23-17)20(25)8-9-21(26)27/h3-7,10-11,18H,8-9,12H2,1-2H3,(H,26,27). The summed E-state index contributed by atoms with van der Waals surface area (Å²) in [5.74, 6) is -0.790. The molecule has 1 aliphatic rings. The zero-order valence-electron chi connectivity index (χ0n) is 16.1. The Morgan fingerprint density at radius 1 is 1.17 bits per heavy atom. The van der Waals surface area contributed by atoms with Crippen LogP contribution in [0.4, 0.5) is 4.39 Å². The van der Waals surface area contributed by atoms with E-state index in [0.717, 1.165) is 0 Å². The number of hydrazone groups is 1. The van der Waals surface area contributed by atoms with E-state index in [2.05, 4.69) is 5.10 Å². The van der Waals surface area contributed by atoms with Crippen LogP contribution in [0, 0.1) is 5.82 Å². The molecule has 3 rings (SSSR count). The van der Waals surface area contributed by atoms with Crippen molar-refractivity contribution in [3.63, 3.8) is 0 Å². The average Bonchev–Trinajstić information content (AvgIpc) is 3.16. The minimum absolute atomic E-state index is 0.197. The number of amides is 1. The van der Waals surface area contributed by atoms with Crippen LogP contribution in [-0.2, 0) is 9.59 Å². The molecule has 0 saturated heterocycles. The van der Waals surface area contributed by atoms with Crippen LogP contribution >= 0.6 is 0 Å². The summed E-state index contributed by atoms with van der Waals surface area (Å²) in [7, 11) is 3.07. The number of rotatable bonds is 7. The van der Waals surface area contributed by atoms with Crippen molar-refractivity contribution in [1.82, 2.24) is 5.01 Å². The van der Waals surface area contributed by atoms with Gasteiger partial charge in [0, 0.05) is 24.5 Å². The highest BCUT2D eigenvalue weighted by atomic mass is 19.1. The van der Waals surface area contributed by atoms with E-state index in [1.165, 1.54) is 24.3 Å². The fourth-order valence-electron chi connectivity index (χ4n) is 3.24. The van der Waals surface area contributed by atoms with Gasteiger partial charge in [-0.25, -0.2) is 9.40 Å². The molecule has 0 bridgehead atoms. The summed E-state index contributed by atoms with van der Waals surface area (Å²) in [6, 6.07) is 10.7. The number of carboxylic acid groups (broad SMARTS) is 1. The summed E-state index contributed by atoms with van der Waals surface area (Å²) in [6.45, 7) is 0. The molecular formula is C21H21FN2O5. The third-order valence-corrected chi connectivity index (χ3v) is 4.67. The quantitative estimate of drug-likeness (QED) is 0.770. The molecule has 1 atom stereocenters. The van der Waals surface area contributed by atoms with E-state index in [9.17, 15) is 14.0 Å². The molecule has 1 amide bonds. The van der Waals surface area contributed by atoms with Gasteiger partial charge in [0.1, 0.15) is 17.3 Å². The number of carbonyl (C=O) groups is 2. The molecule has 2 aromatic carbocycles. The number of carbonyl (C=O) groups excluding carboxylic acids is 1. The van der Waals surface area contributed by atoms with Crippen molar-refractivity contribution >= 4 is 17.6 Å². The van der Waals surface area contributed by atoms with Gasteiger partial charge in [-0.2, -0.15) is 5.10 Å². The lowest BCUT2D eigenvalue weighted by atomic mass is 9.97. The molecule has 29 heavy (non-hydrogen) atoms. The molecule has 0 fully saturated rings. The smallest absolute Gasteiger partial charge is 0.303 e. The summed E-state index contributed by atoms with van der Waals surface area (Å²) in [6.07, 6.45) is -0.162. The maximum Gasteiger partial charge on any atom is 0.303 e. The van der Waals surface area contributed by atoms with Crippen molar-refractivity contribution < 1.29 is 28.6 Å². The van der Waals surface area contributed by atoms with Crippen molar-refractivity contribution in [2.75, 3.05) is 14.2 Å². The predicted molar refractivity (Wildman–Crippen MR) is 104 cm³/mol. The minimum Gasteiger partial charge on any atom is -0.497 e. The first-order valence-electron chi connectivity index (χ1n) is 9.02. The summed E-state index contributed by atoms with van der Waals surface area (Å²) >= 11 is 0. The number of methoxy groups -OCH3 is 2. The molecule has 0 saturated carbocycles. The molecule has 8 heteroatoms. The van der Waals surface area contributed by atoms with Gasteiger partial charge in [-0.05, 0) is 29.8 Å². The fourth-order valence-corrected chi connectivity index (χ4v) is 3.24. The highest BCUT2D eigenvalue weighted by Crippen LogP contribution is 2.36. The number of benzene rings is 2. The van der Waals surface area contributed by atoms with E-state index in [1.54, 1.807) is 37.4 Å². The number of carboxylic acids is 1. The lowest BCUT2D eigenvalue weighted by molar-refractivity contribution is -0.141. The number of hydrogen-bond acceptors (Lipinski definition) is 5. The van der Waals surface area contributed by atoms with E-state index in [1.807, 2.05) is 0 Å². The fraction of sp³-hybridized carbons (Fsp3) is 0.286. The molecule has 0 radical (unpaired) electrons. The number of nitrogens with zero attached hydrogens (tertiary/aromatic N) is 2. The number of ether oxygens (including phenoxy) is 2. The van der Waals surface area contributed by atoms with Crippen molar-refractivity contribution in [3.05, 3.63) is 59.4 Å². The van der Waals surface area contributed by atoms with Crippen LogP contribution in [0.5, 0.6) is 11.5 Å². The topological polar surface area (TPSA) is 88.4 Å². The third-order valence-electron chi connectivity index (χ3n) is 4.67. The van der Waals surface area contributed by atoms with Crippen LogP contribution in [-0.4, -0.2) is 41.9 Å². The van der Waals surface area contributed by atoms with Crippen LogP contribution in [0.3, 0.4) is 0 Å². The summed E-state index contributed by atoms with van der Waals surface area (Å²) in [5, 5.41) is 14.6. The van der Waals surface area contributed by atoms with Gasteiger partial charge in [-0.15, -0.1) is 0 Å². The summed E-state index contributed by atoms with van der Waals surface area (Å²) in [5.41, 5.74) is 1.85. The van der Waals surface area contributed by atoms with Crippen LogP contribution in [0.25, 0.3) is 0 Å². The Bertz CT molecular complexity index is 960. The van der Waals surface area contributed by atoms with E-state index in [-0.39, 0.29) is 12.8 Å². The minimum atomic E-state index is -1.07. The Hall–Kier alpha value is -3.42. The normalized spacial score (nSPS) is 15.8. The van der Waals surface area contributed by atoms with E-state index in [4.69, 9.17) is 14.6 Å². The number of halogens is 1. The molecule has 0 aromatic heterocycles. The molecule has 2 aromatic rings. The van der Waals surface area contributed by atoms with Crippen LogP contribution in [0.15, 0.2) is 47.6 Å². The lowest BCUT2D eigenvalue weighted by Crippen LogP contribution is -2.27. The second kappa shape index (κ2) is 8.72. The third kappa shape index (κ3) is 4.53. The van der Waals surface area contributed by atoms with Crippen LogP contribution < -0.4 is 9.47 Å². The largest absolute Gasteiger partial charge is 0.497 e. The van der Waals surface area contributed by atoms with Gasteiger partial charge in [0.05, 0.1) is 32.4 Å². The molecule has 1 unspecified atom stereocenters. The highest BCUT2D eigenvalue weighted by molar-refractivity contribution is 6.05. The van der Waals surface area contributed by atoms with Crippen LogP contribution in [0.1, 0.15) is 36.4 Å². The Morgan fingerprint density at radius 3 is 2.62 bits per heavy atom. The zero-order valence-corrected chi connectivity index (χ0v) is 16.1. The molecule has 1 heterocycles. The number of hydrogen-bond donors (Lipinski definition) is 1. The SMILES string of the molecule is COc1ccc(C2=NN(C(=O)CCC(=O)O)C(c3cccc(F)c3)C2)c(OC)c1. The maximum atomic E-state index is 13.8. The van der Waals surface area contributed by atoms with Gasteiger partial charge in [0.15, 0.2) is 0 Å². The Labute approximate surface area is 167 Å². The first-order chi connectivity index (χ1) is 13.9. The predicted octanol–water partition coefficient (Wildman–Crippen LogP) is 3.39. The summed E-state index contributed by atoms with van der Waals surface area (Å²) < 4.78 is 24.4. The second-order valence-electron chi connectivity index (χ2n) is 6.52. The molecular weight excluding hydrogens is 379 g/mol. The monoisotopic (exact) mass is 400 g/mol. The van der Waals surface area contributed by atoms with Gasteiger partial charge >= 0.3 is 5.97 Å². The van der Waals surface area contributed by atoms with E-state index < -0.39 is 23.7 Å². The molecule has 0 spiro atoms. The molecule has 152 valence electrons. The van der Waals surface area contributed by atoms with Crippen LogP contribution in [0.2, 0.25) is 0 Å². The lowest BCUT2D eigenvalue weighted by Gasteiger charge is -2.22. The van der Waals surface area contributed by atoms with Crippen molar-refractivity contribution in [2.45, 2.75) is 25.3 Å². The van der Waals surface area contributed by atoms with Gasteiger partial charge in [-0.1, -0.05) is 12.1 Å². The Morgan fingerprint density at radius 2 is 1.97 bits per heavy atom. The summed E-state index contributed by atoms with van der Waals surface area (Å²) in [4.78, 5) is 23.5. The van der Waals surface area contributed by atoms with Gasteiger partial charge < -0.3 is 14.6 Å². The zero-order chi connectivity index (χ0) is 21.0. The van der Waals surface area contributed by atoms with E-state index >= 15 is 0 Å². The highest BCUT2D eigenvalue weighted by Gasteiger charge is 2.34. The van der Waals surface area contributed by atoms with Crippen molar-refractivity contribution in [1.29, 1.82) is 0 Å². The average molecular weight is 400 g/mol. The number of aliphatic carboxylic acids is 1. The first-order valence-corrected chi connectivity index (χ1v) is 9.02. The maximum absolute atomic E-state index is 13.8. The van der Waals surface area contributed by atoms with Gasteiger partial charge in [0.25, 0.3) is 0 Å².